The minimum absolute atomic E-state index is 0.323. The number of thioether (sulfide) groups is 1. The summed E-state index contributed by atoms with van der Waals surface area (Å²) in [5, 5.41) is 13.0. The van der Waals surface area contributed by atoms with Gasteiger partial charge in [-0.15, -0.1) is 0 Å². The highest BCUT2D eigenvalue weighted by atomic mass is 32.2. The molecule has 1 aliphatic carbocycles. The number of nitriles is 1. The molecule has 0 saturated heterocycles. The first kappa shape index (κ1) is 10.9. The van der Waals surface area contributed by atoms with E-state index in [2.05, 4.69) is 25.2 Å². The first-order valence-electron chi connectivity index (χ1n) is 4.86. The molecule has 13 heavy (non-hydrogen) atoms. The van der Waals surface area contributed by atoms with Crippen LogP contribution in [0.25, 0.3) is 0 Å². The van der Waals surface area contributed by atoms with Gasteiger partial charge in [0, 0.05) is 11.8 Å². The highest BCUT2D eigenvalue weighted by molar-refractivity contribution is 7.99. The molecule has 1 fully saturated rings. The predicted molar refractivity (Wildman–Crippen MR) is 57.8 cm³/mol. The Morgan fingerprint density at radius 1 is 1.62 bits per heavy atom. The molecule has 0 spiro atoms. The molecular formula is C10H18N2S. The van der Waals surface area contributed by atoms with Gasteiger partial charge in [-0.25, -0.2) is 0 Å². The summed E-state index contributed by atoms with van der Waals surface area (Å²) in [7, 11) is 0. The lowest BCUT2D eigenvalue weighted by Crippen LogP contribution is -2.44. The quantitative estimate of drug-likeness (QED) is 0.735. The maximum Gasteiger partial charge on any atom is 0.113 e. The van der Waals surface area contributed by atoms with Gasteiger partial charge in [0.15, 0.2) is 0 Å². The average molecular weight is 198 g/mol. The van der Waals surface area contributed by atoms with Gasteiger partial charge < -0.3 is 0 Å². The van der Waals surface area contributed by atoms with Crippen LogP contribution in [0.1, 0.15) is 33.6 Å². The van der Waals surface area contributed by atoms with E-state index in [0.717, 1.165) is 5.75 Å². The smallest absolute Gasteiger partial charge is 0.113 e. The van der Waals surface area contributed by atoms with Crippen molar-refractivity contribution in [2.24, 2.45) is 0 Å². The van der Waals surface area contributed by atoms with Crippen molar-refractivity contribution in [2.45, 2.75) is 50.4 Å². The molecule has 0 heterocycles. The van der Waals surface area contributed by atoms with Crippen molar-refractivity contribution in [1.29, 1.82) is 5.26 Å². The summed E-state index contributed by atoms with van der Waals surface area (Å²) in [6.45, 7) is 6.33. The third-order valence-electron chi connectivity index (χ3n) is 2.05. The summed E-state index contributed by atoms with van der Waals surface area (Å²) in [6.07, 6.45) is 2.48. The maximum absolute atomic E-state index is 9.05. The summed E-state index contributed by atoms with van der Waals surface area (Å²) < 4.78 is 0. The van der Waals surface area contributed by atoms with Gasteiger partial charge in [0.2, 0.25) is 0 Å². The molecule has 1 saturated carbocycles. The Hall–Kier alpha value is -0.200. The molecule has 1 aliphatic rings. The van der Waals surface area contributed by atoms with Crippen molar-refractivity contribution < 1.29 is 0 Å². The predicted octanol–water partition coefficient (Wildman–Crippen LogP) is 2.16. The van der Waals surface area contributed by atoms with Crippen molar-refractivity contribution >= 4 is 11.8 Å². The van der Waals surface area contributed by atoms with Gasteiger partial charge in [0.05, 0.1) is 6.07 Å². The minimum Gasteiger partial charge on any atom is -0.296 e. The van der Waals surface area contributed by atoms with Crippen molar-refractivity contribution in [1.82, 2.24) is 5.32 Å². The van der Waals surface area contributed by atoms with E-state index in [1.54, 1.807) is 0 Å². The maximum atomic E-state index is 9.05. The van der Waals surface area contributed by atoms with Gasteiger partial charge in [-0.1, -0.05) is 13.8 Å². The number of hydrogen-bond donors (Lipinski definition) is 1. The molecule has 3 heteroatoms. The Morgan fingerprint density at radius 2 is 2.23 bits per heavy atom. The van der Waals surface area contributed by atoms with E-state index in [0.29, 0.717) is 11.3 Å². The molecule has 1 rings (SSSR count). The van der Waals surface area contributed by atoms with E-state index in [-0.39, 0.29) is 5.54 Å². The highest BCUT2D eigenvalue weighted by Crippen LogP contribution is 2.25. The van der Waals surface area contributed by atoms with Crippen LogP contribution in [0.2, 0.25) is 0 Å². The second kappa shape index (κ2) is 4.34. The van der Waals surface area contributed by atoms with Crippen LogP contribution in [-0.2, 0) is 0 Å². The van der Waals surface area contributed by atoms with Crippen LogP contribution in [0.3, 0.4) is 0 Å². The second-order valence-corrected chi connectivity index (χ2v) is 5.79. The Bertz CT molecular complexity index is 205. The summed E-state index contributed by atoms with van der Waals surface area (Å²) >= 11 is 1.85. The van der Waals surface area contributed by atoms with Crippen LogP contribution in [0, 0.1) is 11.3 Å². The van der Waals surface area contributed by atoms with Gasteiger partial charge in [-0.2, -0.15) is 17.0 Å². The van der Waals surface area contributed by atoms with E-state index in [1.165, 1.54) is 12.8 Å². The Kier molecular flexibility index (Phi) is 3.63. The molecule has 1 N–H and O–H groups in total. The fraction of sp³-hybridized carbons (Fsp3) is 0.900. The molecule has 0 amide bonds. The largest absolute Gasteiger partial charge is 0.296 e. The lowest BCUT2D eigenvalue weighted by Gasteiger charge is -2.23. The van der Waals surface area contributed by atoms with E-state index in [4.69, 9.17) is 5.26 Å². The average Bonchev–Trinajstić information content (AvgIpc) is 2.85. The first-order valence-corrected chi connectivity index (χ1v) is 5.91. The van der Waals surface area contributed by atoms with E-state index < -0.39 is 0 Å². The normalized spacial score (nSPS) is 21.2. The number of nitrogens with zero attached hydrogens (tertiary/aromatic N) is 1. The lowest BCUT2D eigenvalue weighted by molar-refractivity contribution is 0.490. The third-order valence-corrected chi connectivity index (χ3v) is 3.46. The fourth-order valence-electron chi connectivity index (χ4n) is 1.12. The number of hydrogen-bond acceptors (Lipinski definition) is 3. The molecule has 0 aromatic rings. The Morgan fingerprint density at radius 3 is 2.62 bits per heavy atom. The SMILES string of the molecule is CC(C)SCC(C)(C#N)NC1CC1. The second-order valence-electron chi connectivity index (χ2n) is 4.22. The molecule has 0 aromatic heterocycles. The molecular weight excluding hydrogens is 180 g/mol. The van der Waals surface area contributed by atoms with E-state index in [9.17, 15) is 0 Å². The molecule has 2 nitrogen and oxygen atoms in total. The highest BCUT2D eigenvalue weighted by Gasteiger charge is 2.32. The zero-order chi connectivity index (χ0) is 9.90. The van der Waals surface area contributed by atoms with Gasteiger partial charge in [-0.05, 0) is 25.0 Å². The minimum atomic E-state index is -0.323. The Balaban J connectivity index is 2.34. The number of rotatable bonds is 5. The molecule has 1 unspecified atom stereocenters. The van der Waals surface area contributed by atoms with E-state index in [1.807, 2.05) is 18.7 Å². The Labute approximate surface area is 85.1 Å². The lowest BCUT2D eigenvalue weighted by atomic mass is 10.1. The van der Waals surface area contributed by atoms with Gasteiger partial charge in [0.25, 0.3) is 0 Å². The molecule has 74 valence electrons. The van der Waals surface area contributed by atoms with Crippen molar-refractivity contribution in [3.63, 3.8) is 0 Å². The molecule has 0 bridgehead atoms. The van der Waals surface area contributed by atoms with Gasteiger partial charge in [0.1, 0.15) is 5.54 Å². The standard InChI is InChI=1S/C10H18N2S/c1-8(2)13-7-10(3,6-11)12-9-4-5-9/h8-9,12H,4-5,7H2,1-3H3. The zero-order valence-electron chi connectivity index (χ0n) is 8.63. The fourth-order valence-corrected chi connectivity index (χ4v) is 1.93. The zero-order valence-corrected chi connectivity index (χ0v) is 9.45. The molecule has 0 aliphatic heterocycles. The van der Waals surface area contributed by atoms with Crippen molar-refractivity contribution in [3.8, 4) is 6.07 Å². The van der Waals surface area contributed by atoms with Crippen LogP contribution >= 0.6 is 11.8 Å². The van der Waals surface area contributed by atoms with Crippen LogP contribution < -0.4 is 5.32 Å². The topological polar surface area (TPSA) is 35.8 Å². The van der Waals surface area contributed by atoms with Crippen LogP contribution in [0.5, 0.6) is 0 Å². The summed E-state index contributed by atoms with van der Waals surface area (Å²) in [5.41, 5.74) is -0.323. The van der Waals surface area contributed by atoms with Crippen LogP contribution in [0.4, 0.5) is 0 Å². The molecule has 1 atom stereocenters. The molecule has 0 aromatic carbocycles. The third kappa shape index (κ3) is 4.02. The summed E-state index contributed by atoms with van der Waals surface area (Å²) in [5.74, 6) is 0.887. The van der Waals surface area contributed by atoms with E-state index >= 15 is 0 Å². The summed E-state index contributed by atoms with van der Waals surface area (Å²) in [4.78, 5) is 0. The first-order chi connectivity index (χ1) is 6.06. The van der Waals surface area contributed by atoms with Crippen molar-refractivity contribution in [3.05, 3.63) is 0 Å². The van der Waals surface area contributed by atoms with Crippen molar-refractivity contribution in [2.75, 3.05) is 5.75 Å². The number of nitrogens with one attached hydrogen (secondary N) is 1. The summed E-state index contributed by atoms with van der Waals surface area (Å²) in [6, 6.07) is 2.98. The van der Waals surface area contributed by atoms with Gasteiger partial charge >= 0.3 is 0 Å². The van der Waals surface area contributed by atoms with Gasteiger partial charge in [-0.3, -0.25) is 5.32 Å². The van der Waals surface area contributed by atoms with Crippen LogP contribution in [0.15, 0.2) is 0 Å². The van der Waals surface area contributed by atoms with Crippen LogP contribution in [-0.4, -0.2) is 22.6 Å². The molecule has 0 radical (unpaired) electrons. The monoisotopic (exact) mass is 198 g/mol.